The molecule has 17 heavy (non-hydrogen) atoms. The summed E-state index contributed by atoms with van der Waals surface area (Å²) in [4.78, 5) is 4.49. The summed E-state index contributed by atoms with van der Waals surface area (Å²) >= 11 is 1.70. The monoisotopic (exact) mass is 250 g/mol. The van der Waals surface area contributed by atoms with Crippen LogP contribution in [0.4, 0.5) is 0 Å². The van der Waals surface area contributed by atoms with Crippen molar-refractivity contribution in [2.45, 2.75) is 39.8 Å². The maximum atomic E-state index is 5.61. The lowest BCUT2D eigenvalue weighted by Gasteiger charge is -2.16. The Morgan fingerprint density at radius 1 is 1.24 bits per heavy atom. The van der Waals surface area contributed by atoms with E-state index in [0.29, 0.717) is 0 Å². The molecular weight excluding hydrogens is 232 g/mol. The van der Waals surface area contributed by atoms with Crippen LogP contribution in [0.15, 0.2) is 21.9 Å². The molecule has 4 heteroatoms. The van der Waals surface area contributed by atoms with Gasteiger partial charge in [0.1, 0.15) is 16.5 Å². The zero-order valence-electron chi connectivity index (χ0n) is 10.7. The number of aromatic nitrogens is 1. The van der Waals surface area contributed by atoms with Crippen LogP contribution < -0.4 is 5.32 Å². The van der Waals surface area contributed by atoms with E-state index >= 15 is 0 Å². The van der Waals surface area contributed by atoms with E-state index in [1.165, 1.54) is 0 Å². The van der Waals surface area contributed by atoms with Crippen LogP contribution in [0.2, 0.25) is 0 Å². The first kappa shape index (κ1) is 12.3. The molecule has 0 aliphatic carbocycles. The molecule has 1 N–H and O–H groups in total. The van der Waals surface area contributed by atoms with Crippen molar-refractivity contribution in [2.24, 2.45) is 0 Å². The van der Waals surface area contributed by atoms with Crippen LogP contribution in [0.5, 0.6) is 0 Å². The third kappa shape index (κ3) is 2.96. The van der Waals surface area contributed by atoms with Gasteiger partial charge in [-0.05, 0) is 39.8 Å². The van der Waals surface area contributed by atoms with Crippen LogP contribution in [0.3, 0.4) is 0 Å². The van der Waals surface area contributed by atoms with Gasteiger partial charge in [-0.15, -0.1) is 11.3 Å². The molecule has 0 fully saturated rings. The first-order valence-electron chi connectivity index (χ1n) is 5.80. The summed E-state index contributed by atoms with van der Waals surface area (Å²) in [5.41, 5.74) is 1.08. The number of aryl methyl sites for hydroxylation is 2. The van der Waals surface area contributed by atoms with Crippen molar-refractivity contribution in [2.75, 3.05) is 0 Å². The lowest BCUT2D eigenvalue weighted by Crippen LogP contribution is -2.22. The molecule has 0 radical (unpaired) electrons. The predicted octanol–water partition coefficient (Wildman–Crippen LogP) is 3.76. The third-order valence-corrected chi connectivity index (χ3v) is 3.84. The summed E-state index contributed by atoms with van der Waals surface area (Å²) in [5.74, 6) is 1.93. The minimum Gasteiger partial charge on any atom is -0.465 e. The standard InChI is InChI=1S/C13H18N2OS/c1-8-7-17-13(14-8)11(4)15-10(3)12-6-5-9(2)16-12/h5-7,10-11,15H,1-4H3. The molecule has 2 rings (SSSR count). The highest BCUT2D eigenvalue weighted by molar-refractivity contribution is 7.09. The van der Waals surface area contributed by atoms with Crippen LogP contribution in [-0.4, -0.2) is 4.98 Å². The fourth-order valence-electron chi connectivity index (χ4n) is 1.79. The Hall–Kier alpha value is -1.13. The fourth-order valence-corrected chi connectivity index (χ4v) is 2.60. The van der Waals surface area contributed by atoms with Crippen molar-refractivity contribution in [3.05, 3.63) is 39.7 Å². The largest absolute Gasteiger partial charge is 0.465 e. The molecule has 2 aromatic heterocycles. The number of furan rings is 1. The van der Waals surface area contributed by atoms with Crippen molar-refractivity contribution in [3.63, 3.8) is 0 Å². The second-order valence-corrected chi connectivity index (χ2v) is 5.28. The van der Waals surface area contributed by atoms with E-state index in [-0.39, 0.29) is 12.1 Å². The van der Waals surface area contributed by atoms with Crippen LogP contribution >= 0.6 is 11.3 Å². The summed E-state index contributed by atoms with van der Waals surface area (Å²) in [6.45, 7) is 8.22. The molecule has 0 amide bonds. The van der Waals surface area contributed by atoms with Crippen molar-refractivity contribution in [1.29, 1.82) is 0 Å². The Balaban J connectivity index is 2.01. The van der Waals surface area contributed by atoms with Gasteiger partial charge in [0.15, 0.2) is 0 Å². The van der Waals surface area contributed by atoms with E-state index in [1.807, 2.05) is 26.0 Å². The molecule has 3 nitrogen and oxygen atoms in total. The molecule has 0 aromatic carbocycles. The van der Waals surface area contributed by atoms with Crippen LogP contribution in [0.25, 0.3) is 0 Å². The van der Waals surface area contributed by atoms with Gasteiger partial charge in [-0.2, -0.15) is 0 Å². The predicted molar refractivity (Wildman–Crippen MR) is 70.3 cm³/mol. The number of hydrogen-bond acceptors (Lipinski definition) is 4. The highest BCUT2D eigenvalue weighted by Gasteiger charge is 2.15. The molecule has 0 bridgehead atoms. The zero-order valence-corrected chi connectivity index (χ0v) is 11.5. The summed E-state index contributed by atoms with van der Waals surface area (Å²) in [6, 6.07) is 4.45. The highest BCUT2D eigenvalue weighted by Crippen LogP contribution is 2.22. The number of hydrogen-bond donors (Lipinski definition) is 1. The minimum atomic E-state index is 0.197. The summed E-state index contributed by atoms with van der Waals surface area (Å²) in [5, 5.41) is 6.69. The van der Waals surface area contributed by atoms with Gasteiger partial charge < -0.3 is 4.42 Å². The van der Waals surface area contributed by atoms with Gasteiger partial charge in [-0.1, -0.05) is 0 Å². The Bertz CT molecular complexity index is 445. The van der Waals surface area contributed by atoms with Gasteiger partial charge in [0.25, 0.3) is 0 Å². The summed E-state index contributed by atoms with van der Waals surface area (Å²) < 4.78 is 5.61. The van der Waals surface area contributed by atoms with Gasteiger partial charge in [0.05, 0.1) is 12.1 Å². The van der Waals surface area contributed by atoms with E-state index in [2.05, 4.69) is 29.5 Å². The van der Waals surface area contributed by atoms with Crippen LogP contribution in [0.1, 0.15) is 48.2 Å². The van der Waals surface area contributed by atoms with Gasteiger partial charge in [0, 0.05) is 11.1 Å². The fraction of sp³-hybridized carbons (Fsp3) is 0.462. The SMILES string of the molecule is Cc1csc(C(C)NC(C)c2ccc(C)o2)n1. The lowest BCUT2D eigenvalue weighted by atomic mass is 10.2. The smallest absolute Gasteiger partial charge is 0.120 e. The van der Waals surface area contributed by atoms with E-state index in [9.17, 15) is 0 Å². The summed E-state index contributed by atoms with van der Waals surface area (Å²) in [6.07, 6.45) is 0. The first-order chi connectivity index (χ1) is 8.06. The van der Waals surface area contributed by atoms with Crippen LogP contribution in [0, 0.1) is 13.8 Å². The quantitative estimate of drug-likeness (QED) is 0.897. The molecule has 0 aliphatic rings. The first-order valence-corrected chi connectivity index (χ1v) is 6.68. The second-order valence-electron chi connectivity index (χ2n) is 4.39. The van der Waals surface area contributed by atoms with Crippen LogP contribution in [-0.2, 0) is 0 Å². The van der Waals surface area contributed by atoms with Gasteiger partial charge in [0.2, 0.25) is 0 Å². The number of thiazole rings is 1. The third-order valence-electron chi connectivity index (χ3n) is 2.70. The lowest BCUT2D eigenvalue weighted by molar-refractivity contribution is 0.392. The van der Waals surface area contributed by atoms with E-state index in [0.717, 1.165) is 22.2 Å². The minimum absolute atomic E-state index is 0.197. The average molecular weight is 250 g/mol. The maximum absolute atomic E-state index is 5.61. The molecule has 0 saturated heterocycles. The van der Waals surface area contributed by atoms with E-state index in [4.69, 9.17) is 4.42 Å². The molecule has 2 unspecified atom stereocenters. The van der Waals surface area contributed by atoms with Gasteiger partial charge in [-0.3, -0.25) is 5.32 Å². The molecule has 0 saturated carbocycles. The Kier molecular flexibility index (Phi) is 3.64. The average Bonchev–Trinajstić information content (AvgIpc) is 2.87. The second kappa shape index (κ2) is 5.02. The molecule has 0 aliphatic heterocycles. The Morgan fingerprint density at radius 3 is 2.53 bits per heavy atom. The van der Waals surface area contributed by atoms with Gasteiger partial charge >= 0.3 is 0 Å². The highest BCUT2D eigenvalue weighted by atomic mass is 32.1. The van der Waals surface area contributed by atoms with Crippen molar-refractivity contribution < 1.29 is 4.42 Å². The molecule has 2 aromatic rings. The number of nitrogens with one attached hydrogen (secondary N) is 1. The van der Waals surface area contributed by atoms with Crippen molar-refractivity contribution >= 4 is 11.3 Å². The topological polar surface area (TPSA) is 38.1 Å². The van der Waals surface area contributed by atoms with Gasteiger partial charge in [-0.25, -0.2) is 4.98 Å². The number of nitrogens with zero attached hydrogens (tertiary/aromatic N) is 1. The zero-order chi connectivity index (χ0) is 12.4. The Morgan fingerprint density at radius 2 is 2.00 bits per heavy atom. The maximum Gasteiger partial charge on any atom is 0.120 e. The molecule has 2 heterocycles. The van der Waals surface area contributed by atoms with Crippen molar-refractivity contribution in [3.8, 4) is 0 Å². The number of rotatable bonds is 4. The molecule has 2 atom stereocenters. The van der Waals surface area contributed by atoms with E-state index < -0.39 is 0 Å². The summed E-state index contributed by atoms with van der Waals surface area (Å²) in [7, 11) is 0. The van der Waals surface area contributed by atoms with E-state index in [1.54, 1.807) is 11.3 Å². The molecule has 0 spiro atoms. The molecular formula is C13H18N2OS. The Labute approximate surface area is 106 Å². The normalized spacial score (nSPS) is 14.8. The molecule has 92 valence electrons. The van der Waals surface area contributed by atoms with Crippen molar-refractivity contribution in [1.82, 2.24) is 10.3 Å².